The number of carboxylic acid groups (broad SMARTS) is 2. The molecule has 1 aliphatic rings. The highest BCUT2D eigenvalue weighted by Gasteiger charge is 2.27. The molecule has 3 rings (SSSR count). The molecule has 0 saturated carbocycles. The first kappa shape index (κ1) is 44.9. The summed E-state index contributed by atoms with van der Waals surface area (Å²) in [5, 5.41) is 28.3. The normalized spacial score (nSPS) is 13.2. The first-order valence-electron chi connectivity index (χ1n) is 16.7. The van der Waals surface area contributed by atoms with Crippen LogP contribution in [0.1, 0.15) is 62.4 Å². The number of carbonyl (C=O) groups excluding carboxylic acids is 2. The van der Waals surface area contributed by atoms with Crippen LogP contribution in [0.4, 0.5) is 5.82 Å². The largest absolute Gasteiger partial charge is 0.496 e. The summed E-state index contributed by atoms with van der Waals surface area (Å²) >= 11 is 1.04. The number of carboxylic acids is 2. The first-order chi connectivity index (χ1) is 25.6. The maximum atomic E-state index is 13.6. The molecule has 1 saturated heterocycles. The number of hydrogen-bond acceptors (Lipinski definition) is 18. The number of ether oxygens (including phenoxy) is 6. The van der Waals surface area contributed by atoms with Crippen molar-refractivity contribution in [1.82, 2.24) is 14.1 Å². The SMILES string of the molecule is COc1cc(COC(=O)CCCCCO[N+](=O)[O-])cc(OC)c1C(=O)O[C@@H](CNC(C)(C)C)COc1nsnc1N1CCOCC1.O=C(O)/C=C\C(=O)O. The summed E-state index contributed by atoms with van der Waals surface area (Å²) in [6.07, 6.45) is 2.08. The molecular formula is C33H47N5O15S. The Morgan fingerprint density at radius 2 is 1.67 bits per heavy atom. The first-order valence-corrected chi connectivity index (χ1v) is 17.4. The second kappa shape index (κ2) is 23.4. The van der Waals surface area contributed by atoms with E-state index < -0.39 is 35.1 Å². The highest BCUT2D eigenvalue weighted by Crippen LogP contribution is 2.32. The fourth-order valence-electron chi connectivity index (χ4n) is 4.49. The minimum absolute atomic E-state index is 0.0129. The number of unbranched alkanes of at least 4 members (excludes halogenated alkanes) is 2. The second-order valence-corrected chi connectivity index (χ2v) is 12.9. The average Bonchev–Trinajstić information content (AvgIpc) is 3.60. The number of morpholine rings is 1. The van der Waals surface area contributed by atoms with Crippen LogP contribution >= 0.6 is 11.7 Å². The minimum Gasteiger partial charge on any atom is -0.496 e. The van der Waals surface area contributed by atoms with Crippen LogP contribution in [-0.2, 0) is 40.0 Å². The lowest BCUT2D eigenvalue weighted by Gasteiger charge is -2.28. The number of anilines is 1. The number of aliphatic carboxylic acids is 2. The van der Waals surface area contributed by atoms with E-state index in [2.05, 4.69) is 18.9 Å². The predicted molar refractivity (Wildman–Crippen MR) is 191 cm³/mol. The molecule has 2 heterocycles. The van der Waals surface area contributed by atoms with Crippen molar-refractivity contribution in [2.75, 3.05) is 65.2 Å². The Balaban J connectivity index is 0.00000113. The van der Waals surface area contributed by atoms with Crippen molar-refractivity contribution in [1.29, 1.82) is 0 Å². The number of benzene rings is 1. The van der Waals surface area contributed by atoms with Crippen LogP contribution in [0, 0.1) is 10.1 Å². The van der Waals surface area contributed by atoms with Gasteiger partial charge in [-0.15, -0.1) is 14.5 Å². The van der Waals surface area contributed by atoms with E-state index in [1.807, 2.05) is 25.7 Å². The Hall–Kier alpha value is -5.28. The number of esters is 2. The van der Waals surface area contributed by atoms with Crippen molar-refractivity contribution in [2.45, 2.75) is 64.7 Å². The van der Waals surface area contributed by atoms with Crippen molar-refractivity contribution in [3.05, 3.63) is 45.5 Å². The minimum atomic E-state index is -1.26. The smallest absolute Gasteiger partial charge is 0.346 e. The Bertz CT molecular complexity index is 1520. The van der Waals surface area contributed by atoms with Crippen molar-refractivity contribution >= 4 is 41.4 Å². The fourth-order valence-corrected chi connectivity index (χ4v) is 5.01. The van der Waals surface area contributed by atoms with Crippen LogP contribution in [0.15, 0.2) is 24.3 Å². The zero-order valence-corrected chi connectivity index (χ0v) is 31.6. The zero-order chi connectivity index (χ0) is 40.1. The topological polar surface area (TPSA) is 258 Å². The lowest BCUT2D eigenvalue weighted by molar-refractivity contribution is -0.757. The number of hydrogen-bond donors (Lipinski definition) is 3. The molecule has 20 nitrogen and oxygen atoms in total. The number of carbonyl (C=O) groups is 4. The van der Waals surface area contributed by atoms with Crippen LogP contribution in [0.25, 0.3) is 0 Å². The molecule has 1 atom stereocenters. The maximum absolute atomic E-state index is 13.6. The van der Waals surface area contributed by atoms with Crippen molar-refractivity contribution in [2.24, 2.45) is 0 Å². The van der Waals surface area contributed by atoms with Gasteiger partial charge in [-0.2, -0.15) is 4.37 Å². The van der Waals surface area contributed by atoms with Gasteiger partial charge in [0.2, 0.25) is 5.82 Å². The summed E-state index contributed by atoms with van der Waals surface area (Å²) in [5.74, 6) is -2.28. The number of rotatable bonds is 21. The van der Waals surface area contributed by atoms with Crippen molar-refractivity contribution in [3.8, 4) is 17.4 Å². The molecule has 0 bridgehead atoms. The quantitative estimate of drug-likeness (QED) is 0.0540. The summed E-state index contributed by atoms with van der Waals surface area (Å²) in [7, 11) is 2.82. The molecule has 54 heavy (non-hydrogen) atoms. The monoisotopic (exact) mass is 785 g/mol. The molecule has 1 aliphatic heterocycles. The number of nitrogens with one attached hydrogen (secondary N) is 1. The van der Waals surface area contributed by atoms with Gasteiger partial charge in [0, 0.05) is 43.7 Å². The Labute approximate surface area is 315 Å². The van der Waals surface area contributed by atoms with E-state index in [4.69, 9.17) is 38.6 Å². The number of nitrogens with zero attached hydrogens (tertiary/aromatic N) is 4. The molecule has 0 aliphatic carbocycles. The number of aromatic nitrogens is 2. The second-order valence-electron chi connectivity index (χ2n) is 12.4. The summed E-state index contributed by atoms with van der Waals surface area (Å²) in [6.45, 7) is 8.72. The van der Waals surface area contributed by atoms with Gasteiger partial charge >= 0.3 is 23.9 Å². The van der Waals surface area contributed by atoms with E-state index in [1.165, 1.54) is 14.2 Å². The van der Waals surface area contributed by atoms with E-state index in [1.54, 1.807) is 12.1 Å². The fraction of sp³-hybridized carbons (Fsp3) is 0.576. The van der Waals surface area contributed by atoms with Gasteiger partial charge in [0.1, 0.15) is 36.4 Å². The van der Waals surface area contributed by atoms with Gasteiger partial charge in [-0.25, -0.2) is 14.4 Å². The van der Waals surface area contributed by atoms with Gasteiger partial charge in [-0.1, -0.05) is 6.42 Å². The molecule has 0 amide bonds. The van der Waals surface area contributed by atoms with E-state index in [0.717, 1.165) is 11.7 Å². The number of methoxy groups -OCH3 is 2. The molecule has 1 aromatic heterocycles. The molecule has 0 unspecified atom stereocenters. The maximum Gasteiger partial charge on any atom is 0.346 e. The predicted octanol–water partition coefficient (Wildman–Crippen LogP) is 2.91. The van der Waals surface area contributed by atoms with E-state index in [9.17, 15) is 29.3 Å². The van der Waals surface area contributed by atoms with Crippen molar-refractivity contribution in [3.63, 3.8) is 0 Å². The third-order valence-electron chi connectivity index (χ3n) is 7.05. The van der Waals surface area contributed by atoms with Crippen LogP contribution in [0.2, 0.25) is 0 Å². The average molecular weight is 786 g/mol. The summed E-state index contributed by atoms with van der Waals surface area (Å²) in [5.41, 5.74) is 0.354. The van der Waals surface area contributed by atoms with Crippen molar-refractivity contribution < 1.29 is 67.7 Å². The molecule has 1 fully saturated rings. The van der Waals surface area contributed by atoms with Gasteiger partial charge in [-0.05, 0) is 51.3 Å². The third-order valence-corrected chi connectivity index (χ3v) is 7.55. The van der Waals surface area contributed by atoms with E-state index in [-0.39, 0.29) is 48.8 Å². The lowest BCUT2D eigenvalue weighted by Crippen LogP contribution is -2.44. The van der Waals surface area contributed by atoms with Gasteiger partial charge in [0.15, 0.2) is 0 Å². The Kier molecular flexibility index (Phi) is 19.4. The van der Waals surface area contributed by atoms with Gasteiger partial charge < -0.3 is 53.7 Å². The molecule has 1 aromatic carbocycles. The van der Waals surface area contributed by atoms with Crippen LogP contribution in [-0.4, -0.2) is 120 Å². The van der Waals surface area contributed by atoms with Gasteiger partial charge in [0.05, 0.1) is 45.8 Å². The summed E-state index contributed by atoms with van der Waals surface area (Å²) in [4.78, 5) is 61.4. The molecule has 300 valence electrons. The zero-order valence-electron chi connectivity index (χ0n) is 30.8. The van der Waals surface area contributed by atoms with Crippen LogP contribution in [0.3, 0.4) is 0 Å². The Morgan fingerprint density at radius 1 is 1.04 bits per heavy atom. The van der Waals surface area contributed by atoms with Gasteiger partial charge in [-0.3, -0.25) is 4.79 Å². The lowest BCUT2D eigenvalue weighted by atomic mass is 10.1. The van der Waals surface area contributed by atoms with Crippen LogP contribution in [0.5, 0.6) is 17.4 Å². The Morgan fingerprint density at radius 3 is 2.22 bits per heavy atom. The standard InChI is InChI=1S/C29H43N5O11S.C4H4O4/c1-29(2,3)30-17-21(19-43-27-26(31-46-32-27)33-10-13-41-14-11-33)45-28(36)25-22(39-4)15-20(16-23(25)40-5)18-42-24(35)9-7-6-8-12-44-34(37)38;5-3(6)1-2-4(7)8/h15-16,21,30H,6-14,17-19H2,1-5H3;1-2H,(H,5,6)(H,7,8)/b;2-1-/t21-;/m0./s1. The molecule has 3 N–H and O–H groups in total. The van der Waals surface area contributed by atoms with E-state index in [0.29, 0.717) is 81.5 Å². The highest BCUT2D eigenvalue weighted by atomic mass is 32.1. The van der Waals surface area contributed by atoms with Crippen LogP contribution < -0.4 is 24.4 Å². The third kappa shape index (κ3) is 17.5. The molecule has 0 radical (unpaired) electrons. The molecule has 2 aromatic rings. The summed E-state index contributed by atoms with van der Waals surface area (Å²) < 4.78 is 42.5. The molecule has 0 spiro atoms. The molecular weight excluding hydrogens is 738 g/mol. The van der Waals surface area contributed by atoms with E-state index >= 15 is 0 Å². The molecule has 21 heteroatoms. The summed E-state index contributed by atoms with van der Waals surface area (Å²) in [6, 6.07) is 3.16. The highest BCUT2D eigenvalue weighted by molar-refractivity contribution is 6.99. The van der Waals surface area contributed by atoms with Gasteiger partial charge in [0.25, 0.3) is 11.0 Å².